The van der Waals surface area contributed by atoms with Crippen LogP contribution < -0.4 is 5.32 Å². The van der Waals surface area contributed by atoms with E-state index in [4.69, 9.17) is 0 Å². The minimum atomic E-state index is -0.173. The maximum Gasteiger partial charge on any atom is 0.123 e. The molecular formula is C15H17FN2. The topological polar surface area (TPSA) is 24.9 Å². The Morgan fingerprint density at radius 1 is 1.28 bits per heavy atom. The molecule has 94 valence electrons. The second-order valence-electron chi connectivity index (χ2n) is 4.34. The summed E-state index contributed by atoms with van der Waals surface area (Å²) in [5, 5.41) is 3.40. The molecule has 0 aliphatic carbocycles. The number of hydrogen-bond acceptors (Lipinski definition) is 2. The number of halogens is 1. The van der Waals surface area contributed by atoms with Crippen LogP contribution in [0.15, 0.2) is 48.8 Å². The molecule has 1 N–H and O–H groups in total. The molecule has 18 heavy (non-hydrogen) atoms. The van der Waals surface area contributed by atoms with Crippen LogP contribution in [0.25, 0.3) is 0 Å². The van der Waals surface area contributed by atoms with Crippen LogP contribution in [-0.4, -0.2) is 11.5 Å². The third-order valence-electron chi connectivity index (χ3n) is 2.94. The van der Waals surface area contributed by atoms with Gasteiger partial charge in [0.15, 0.2) is 0 Å². The van der Waals surface area contributed by atoms with E-state index in [2.05, 4.69) is 17.2 Å². The first-order valence-electron chi connectivity index (χ1n) is 6.13. The number of rotatable bonds is 5. The fourth-order valence-electron chi connectivity index (χ4n) is 1.88. The molecular weight excluding hydrogens is 227 g/mol. The number of aromatic nitrogens is 1. The van der Waals surface area contributed by atoms with Gasteiger partial charge in [0.2, 0.25) is 0 Å². The summed E-state index contributed by atoms with van der Waals surface area (Å²) < 4.78 is 13.0. The lowest BCUT2D eigenvalue weighted by Gasteiger charge is -2.13. The van der Waals surface area contributed by atoms with Crippen LogP contribution in [0.4, 0.5) is 4.39 Å². The molecule has 0 aliphatic heterocycles. The summed E-state index contributed by atoms with van der Waals surface area (Å²) in [7, 11) is 0. The molecule has 1 atom stereocenters. The van der Waals surface area contributed by atoms with E-state index in [-0.39, 0.29) is 11.9 Å². The minimum absolute atomic E-state index is 0.173. The highest BCUT2D eigenvalue weighted by Crippen LogP contribution is 2.10. The standard InChI is InChI=1S/C15H17FN2/c1-12(14-5-3-8-17-11-14)18-9-7-13-4-2-6-15(16)10-13/h2-6,8,10-12,18H,7,9H2,1H3. The van der Waals surface area contributed by atoms with Crippen LogP contribution in [0, 0.1) is 5.82 Å². The largest absolute Gasteiger partial charge is 0.310 e. The van der Waals surface area contributed by atoms with Crippen LogP contribution in [0.1, 0.15) is 24.1 Å². The van der Waals surface area contributed by atoms with Crippen LogP contribution in [-0.2, 0) is 6.42 Å². The Labute approximate surface area is 107 Å². The van der Waals surface area contributed by atoms with E-state index in [1.54, 1.807) is 18.3 Å². The molecule has 3 heteroatoms. The van der Waals surface area contributed by atoms with E-state index in [0.717, 1.165) is 24.1 Å². The lowest BCUT2D eigenvalue weighted by atomic mass is 10.1. The zero-order chi connectivity index (χ0) is 12.8. The van der Waals surface area contributed by atoms with Gasteiger partial charge in [0.25, 0.3) is 0 Å². The van der Waals surface area contributed by atoms with Crippen LogP contribution in [0.3, 0.4) is 0 Å². The van der Waals surface area contributed by atoms with Crippen molar-refractivity contribution in [2.45, 2.75) is 19.4 Å². The van der Waals surface area contributed by atoms with Gasteiger partial charge in [-0.3, -0.25) is 4.98 Å². The summed E-state index contributed by atoms with van der Waals surface area (Å²) in [6.45, 7) is 2.92. The fourth-order valence-corrected chi connectivity index (χ4v) is 1.88. The van der Waals surface area contributed by atoms with E-state index in [0.29, 0.717) is 0 Å². The molecule has 0 amide bonds. The second kappa shape index (κ2) is 6.26. The molecule has 0 radical (unpaired) electrons. The van der Waals surface area contributed by atoms with Gasteiger partial charge < -0.3 is 5.32 Å². The molecule has 1 aromatic heterocycles. The third kappa shape index (κ3) is 3.64. The predicted molar refractivity (Wildman–Crippen MR) is 70.8 cm³/mol. The molecule has 0 saturated carbocycles. The lowest BCUT2D eigenvalue weighted by Crippen LogP contribution is -2.21. The Bertz CT molecular complexity index is 485. The van der Waals surface area contributed by atoms with Gasteiger partial charge >= 0.3 is 0 Å². The summed E-state index contributed by atoms with van der Waals surface area (Å²) in [6, 6.07) is 11.0. The smallest absolute Gasteiger partial charge is 0.123 e. The molecule has 1 unspecified atom stereocenters. The first kappa shape index (κ1) is 12.7. The molecule has 0 bridgehead atoms. The average Bonchev–Trinajstić information content (AvgIpc) is 2.40. The van der Waals surface area contributed by atoms with Crippen molar-refractivity contribution >= 4 is 0 Å². The maximum absolute atomic E-state index is 13.0. The monoisotopic (exact) mass is 244 g/mol. The molecule has 2 nitrogen and oxygen atoms in total. The highest BCUT2D eigenvalue weighted by molar-refractivity contribution is 5.17. The molecule has 0 aliphatic rings. The lowest BCUT2D eigenvalue weighted by molar-refractivity contribution is 0.573. The number of nitrogens with zero attached hydrogens (tertiary/aromatic N) is 1. The SMILES string of the molecule is CC(NCCc1cccc(F)c1)c1cccnc1. The van der Waals surface area contributed by atoms with Crippen LogP contribution in [0.2, 0.25) is 0 Å². The van der Waals surface area contributed by atoms with Crippen molar-refractivity contribution in [3.05, 3.63) is 65.7 Å². The van der Waals surface area contributed by atoms with Crippen molar-refractivity contribution in [3.8, 4) is 0 Å². The molecule has 1 aromatic carbocycles. The third-order valence-corrected chi connectivity index (χ3v) is 2.94. The molecule has 0 fully saturated rings. The number of benzene rings is 1. The zero-order valence-corrected chi connectivity index (χ0v) is 10.4. The van der Waals surface area contributed by atoms with Crippen molar-refractivity contribution in [2.75, 3.05) is 6.54 Å². The van der Waals surface area contributed by atoms with E-state index in [9.17, 15) is 4.39 Å². The van der Waals surface area contributed by atoms with Crippen molar-refractivity contribution in [1.29, 1.82) is 0 Å². The molecule has 0 saturated heterocycles. The normalized spacial score (nSPS) is 12.3. The molecule has 2 aromatic rings. The van der Waals surface area contributed by atoms with Gasteiger partial charge in [-0.05, 0) is 49.2 Å². The highest BCUT2D eigenvalue weighted by Gasteiger charge is 2.03. The number of pyridine rings is 1. The highest BCUT2D eigenvalue weighted by atomic mass is 19.1. The first-order chi connectivity index (χ1) is 8.75. The summed E-state index contributed by atoms with van der Waals surface area (Å²) in [5.41, 5.74) is 2.18. The summed E-state index contributed by atoms with van der Waals surface area (Å²) >= 11 is 0. The summed E-state index contributed by atoms with van der Waals surface area (Å²) in [6.07, 6.45) is 4.45. The van der Waals surface area contributed by atoms with Crippen molar-refractivity contribution in [3.63, 3.8) is 0 Å². The Morgan fingerprint density at radius 3 is 2.89 bits per heavy atom. The quantitative estimate of drug-likeness (QED) is 0.874. The van der Waals surface area contributed by atoms with Crippen LogP contribution >= 0.6 is 0 Å². The summed E-state index contributed by atoms with van der Waals surface area (Å²) in [5.74, 6) is -0.173. The van der Waals surface area contributed by atoms with Gasteiger partial charge in [-0.2, -0.15) is 0 Å². The van der Waals surface area contributed by atoms with Gasteiger partial charge in [-0.15, -0.1) is 0 Å². The zero-order valence-electron chi connectivity index (χ0n) is 10.4. The average molecular weight is 244 g/mol. The van der Waals surface area contributed by atoms with E-state index in [1.165, 1.54) is 6.07 Å². The maximum atomic E-state index is 13.0. The number of hydrogen-bond donors (Lipinski definition) is 1. The van der Waals surface area contributed by atoms with Gasteiger partial charge in [0, 0.05) is 18.4 Å². The van der Waals surface area contributed by atoms with E-state index < -0.39 is 0 Å². The van der Waals surface area contributed by atoms with Gasteiger partial charge in [0.05, 0.1) is 0 Å². The summed E-state index contributed by atoms with van der Waals surface area (Å²) in [4.78, 5) is 4.09. The van der Waals surface area contributed by atoms with Gasteiger partial charge in [-0.1, -0.05) is 18.2 Å². The van der Waals surface area contributed by atoms with Gasteiger partial charge in [-0.25, -0.2) is 4.39 Å². The Kier molecular flexibility index (Phi) is 4.42. The van der Waals surface area contributed by atoms with Crippen molar-refractivity contribution in [1.82, 2.24) is 10.3 Å². The fraction of sp³-hybridized carbons (Fsp3) is 0.267. The van der Waals surface area contributed by atoms with Crippen molar-refractivity contribution in [2.24, 2.45) is 0 Å². The first-order valence-corrected chi connectivity index (χ1v) is 6.13. The molecule has 2 rings (SSSR count). The second-order valence-corrected chi connectivity index (χ2v) is 4.34. The van der Waals surface area contributed by atoms with Gasteiger partial charge in [0.1, 0.15) is 5.82 Å². The van der Waals surface area contributed by atoms with E-state index >= 15 is 0 Å². The van der Waals surface area contributed by atoms with Crippen molar-refractivity contribution < 1.29 is 4.39 Å². The Balaban J connectivity index is 1.82. The van der Waals surface area contributed by atoms with Crippen LogP contribution in [0.5, 0.6) is 0 Å². The predicted octanol–water partition coefficient (Wildman–Crippen LogP) is 3.11. The molecule has 0 spiro atoms. The Hall–Kier alpha value is -1.74. The molecule has 1 heterocycles. The van der Waals surface area contributed by atoms with E-state index in [1.807, 2.05) is 24.4 Å². The Morgan fingerprint density at radius 2 is 2.17 bits per heavy atom. The number of nitrogens with one attached hydrogen (secondary N) is 1. The minimum Gasteiger partial charge on any atom is -0.310 e.